The topological polar surface area (TPSA) is 136 Å². The van der Waals surface area contributed by atoms with Crippen molar-refractivity contribution < 1.29 is 19.1 Å². The Labute approximate surface area is 298 Å². The number of nitrogens with zero attached hydrogens (tertiary/aromatic N) is 4. The number of carbonyl (C=O) groups is 3. The molecule has 3 aliphatic rings. The Balaban J connectivity index is 1.04. The van der Waals surface area contributed by atoms with E-state index in [1.54, 1.807) is 0 Å². The molecule has 3 amide bonds. The van der Waals surface area contributed by atoms with E-state index in [2.05, 4.69) is 46.0 Å². The molecule has 4 heterocycles. The van der Waals surface area contributed by atoms with Gasteiger partial charge in [0.1, 0.15) is 17.7 Å². The summed E-state index contributed by atoms with van der Waals surface area (Å²) in [5.74, 6) is 9.27. The van der Waals surface area contributed by atoms with E-state index in [4.69, 9.17) is 9.72 Å². The van der Waals surface area contributed by atoms with Crippen molar-refractivity contribution in [2.75, 3.05) is 20.2 Å². The Kier molecular flexibility index (Phi) is 9.36. The summed E-state index contributed by atoms with van der Waals surface area (Å²) in [4.78, 5) is 59.2. The zero-order valence-electron chi connectivity index (χ0n) is 30.2. The van der Waals surface area contributed by atoms with Crippen LogP contribution in [0.2, 0.25) is 0 Å². The smallest absolute Gasteiger partial charge is 0.407 e. The van der Waals surface area contributed by atoms with Crippen molar-refractivity contribution in [1.29, 1.82) is 0 Å². The lowest BCUT2D eigenvalue weighted by atomic mass is 9.96. The lowest BCUT2D eigenvalue weighted by molar-refractivity contribution is -0.137. The number of hydrogen-bond donors (Lipinski definition) is 3. The molecule has 7 rings (SSSR count). The molecule has 0 radical (unpaired) electrons. The van der Waals surface area contributed by atoms with E-state index < -0.39 is 12.1 Å². The Hall–Kier alpha value is -5.11. The van der Waals surface area contributed by atoms with Gasteiger partial charge in [0.2, 0.25) is 11.8 Å². The summed E-state index contributed by atoms with van der Waals surface area (Å²) >= 11 is 0. The van der Waals surface area contributed by atoms with Crippen LogP contribution < -0.4 is 5.32 Å². The highest BCUT2D eigenvalue weighted by atomic mass is 16.5. The summed E-state index contributed by atoms with van der Waals surface area (Å²) in [6.45, 7) is 11.5. The van der Waals surface area contributed by atoms with Crippen LogP contribution in [0, 0.1) is 41.4 Å². The van der Waals surface area contributed by atoms with Crippen molar-refractivity contribution in [2.24, 2.45) is 29.6 Å². The summed E-state index contributed by atoms with van der Waals surface area (Å²) in [6, 6.07) is 13.1. The molecule has 3 fully saturated rings. The first kappa shape index (κ1) is 34.3. The van der Waals surface area contributed by atoms with Gasteiger partial charge >= 0.3 is 6.09 Å². The number of benzene rings is 2. The number of rotatable bonds is 8. The number of H-pyrrole nitrogens is 2. The first-order chi connectivity index (χ1) is 24.5. The highest BCUT2D eigenvalue weighted by Crippen LogP contribution is 2.56. The molecule has 2 aliphatic heterocycles. The highest BCUT2D eigenvalue weighted by Gasteiger charge is 2.56. The van der Waals surface area contributed by atoms with Crippen LogP contribution in [0.1, 0.15) is 88.7 Å². The Morgan fingerprint density at radius 3 is 2.39 bits per heavy atom. The van der Waals surface area contributed by atoms with Crippen molar-refractivity contribution in [2.45, 2.75) is 72.0 Å². The van der Waals surface area contributed by atoms with Gasteiger partial charge in [-0.15, -0.1) is 0 Å². The molecule has 6 atom stereocenters. The van der Waals surface area contributed by atoms with Crippen molar-refractivity contribution in [3.05, 3.63) is 71.4 Å². The van der Waals surface area contributed by atoms with Crippen LogP contribution in [0.3, 0.4) is 0 Å². The molecule has 0 spiro atoms. The summed E-state index contributed by atoms with van der Waals surface area (Å²) in [6.07, 6.45) is 4.20. The highest BCUT2D eigenvalue weighted by molar-refractivity contribution is 5.87. The molecule has 266 valence electrons. The molecule has 4 aromatic rings. The number of carbonyl (C=O) groups excluding carboxylic acids is 3. The van der Waals surface area contributed by atoms with Gasteiger partial charge < -0.3 is 29.8 Å². The van der Waals surface area contributed by atoms with E-state index in [0.29, 0.717) is 24.3 Å². The minimum absolute atomic E-state index is 0.0139. The fraction of sp³-hybridized carbons (Fsp3) is 0.475. The number of imidazole rings is 2. The van der Waals surface area contributed by atoms with Gasteiger partial charge in [0.15, 0.2) is 0 Å². The number of aromatic amines is 2. The fourth-order valence-corrected chi connectivity index (χ4v) is 7.56. The fourth-order valence-electron chi connectivity index (χ4n) is 7.56. The quantitative estimate of drug-likeness (QED) is 0.188. The zero-order valence-corrected chi connectivity index (χ0v) is 30.2. The molecule has 1 saturated carbocycles. The van der Waals surface area contributed by atoms with Gasteiger partial charge in [0.25, 0.3) is 0 Å². The van der Waals surface area contributed by atoms with Crippen LogP contribution in [0.4, 0.5) is 4.79 Å². The van der Waals surface area contributed by atoms with Gasteiger partial charge in [-0.05, 0) is 78.8 Å². The number of nitrogens with one attached hydrogen (secondary N) is 3. The molecule has 51 heavy (non-hydrogen) atoms. The summed E-state index contributed by atoms with van der Waals surface area (Å²) in [7, 11) is 1.30. The second-order valence-corrected chi connectivity index (χ2v) is 15.0. The monoisotopic (exact) mass is 689 g/mol. The van der Waals surface area contributed by atoms with Gasteiger partial charge in [0.05, 0.1) is 42.1 Å². The minimum atomic E-state index is -0.673. The second-order valence-electron chi connectivity index (χ2n) is 15.0. The molecule has 11 heteroatoms. The van der Waals surface area contributed by atoms with E-state index in [9.17, 15) is 14.4 Å². The molecular weight excluding hydrogens is 642 g/mol. The Morgan fingerprint density at radius 1 is 0.922 bits per heavy atom. The third kappa shape index (κ3) is 6.84. The number of alkyl carbamates (subject to hydrolysis) is 1. The molecule has 2 aromatic heterocycles. The van der Waals surface area contributed by atoms with E-state index in [1.165, 1.54) is 7.11 Å². The molecule has 3 N–H and O–H groups in total. The normalized spacial score (nSPS) is 22.1. The molecular formula is C40H47N7O4. The SMILES string of the molecule is COC(=O)N[C@H](C(=O)N1C[C@@H]2C[C@@H]2[C@H]1c1nc2ccc(C#Cc3ccc(-c4cnc([C@@H]5CCCN5C(=O)[C@@H](C)C(C)C)[nH]4)cc3)cc2[nH]1)C(C)C. The number of fused-ring (bicyclic) bond motifs is 2. The first-order valence-electron chi connectivity index (χ1n) is 18.1. The van der Waals surface area contributed by atoms with Crippen molar-refractivity contribution in [3.8, 4) is 23.1 Å². The van der Waals surface area contributed by atoms with Crippen molar-refractivity contribution in [1.82, 2.24) is 35.1 Å². The lowest BCUT2D eigenvalue weighted by Gasteiger charge is -2.31. The number of amides is 3. The Morgan fingerprint density at radius 2 is 1.67 bits per heavy atom. The predicted molar refractivity (Wildman–Crippen MR) is 194 cm³/mol. The van der Waals surface area contributed by atoms with Gasteiger partial charge in [-0.1, -0.05) is 58.6 Å². The Bertz CT molecular complexity index is 2000. The average Bonchev–Trinajstić information content (AvgIpc) is 3.62. The molecule has 11 nitrogen and oxygen atoms in total. The standard InChI is InChI=1S/C40H47N7O4/c1-22(2)24(5)38(48)46-17-7-8-33(46)36-41-20-32(44-36)27-14-11-25(12-15-27)9-10-26-13-16-30-31(18-26)43-37(42-30)35-29-19-28(29)21-47(35)39(49)34(23(3)4)45-40(50)51-6/h11-16,18,20,22-24,28-29,33-35H,7-8,17,19,21H2,1-6H3,(H,41,44)(H,42,43)(H,45,50)/t24-,28-,29-,33-,34-,35-/m0/s1. The van der Waals surface area contributed by atoms with Gasteiger partial charge in [-0.25, -0.2) is 14.8 Å². The van der Waals surface area contributed by atoms with E-state index in [1.807, 2.05) is 79.2 Å². The largest absolute Gasteiger partial charge is 0.453 e. The van der Waals surface area contributed by atoms with Gasteiger partial charge in [0, 0.05) is 30.1 Å². The molecule has 1 aliphatic carbocycles. The van der Waals surface area contributed by atoms with E-state index in [0.717, 1.165) is 70.9 Å². The van der Waals surface area contributed by atoms with Crippen LogP contribution in [-0.4, -0.2) is 73.9 Å². The zero-order chi connectivity index (χ0) is 36.0. The number of ether oxygens (including phenoxy) is 1. The number of aromatic nitrogens is 4. The summed E-state index contributed by atoms with van der Waals surface area (Å²) in [5, 5.41) is 2.72. The number of hydrogen-bond acceptors (Lipinski definition) is 6. The van der Waals surface area contributed by atoms with Crippen molar-refractivity contribution >= 4 is 28.9 Å². The predicted octanol–water partition coefficient (Wildman–Crippen LogP) is 6.21. The van der Waals surface area contributed by atoms with Crippen LogP contribution in [0.15, 0.2) is 48.7 Å². The second kappa shape index (κ2) is 13.9. The van der Waals surface area contributed by atoms with Gasteiger partial charge in [-0.2, -0.15) is 0 Å². The van der Waals surface area contributed by atoms with Crippen LogP contribution >= 0.6 is 0 Å². The number of likely N-dealkylation sites (tertiary alicyclic amines) is 2. The first-order valence-corrected chi connectivity index (χ1v) is 18.1. The van der Waals surface area contributed by atoms with Gasteiger partial charge in [-0.3, -0.25) is 9.59 Å². The molecule has 0 unspecified atom stereocenters. The minimum Gasteiger partial charge on any atom is -0.453 e. The molecule has 2 aromatic carbocycles. The maximum absolute atomic E-state index is 13.7. The lowest BCUT2D eigenvalue weighted by Crippen LogP contribution is -2.51. The third-order valence-electron chi connectivity index (χ3n) is 11.0. The van der Waals surface area contributed by atoms with Crippen LogP contribution in [-0.2, 0) is 14.3 Å². The molecule has 2 saturated heterocycles. The third-order valence-corrected chi connectivity index (χ3v) is 11.0. The number of piperidine rings is 1. The molecule has 0 bridgehead atoms. The average molecular weight is 690 g/mol. The van der Waals surface area contributed by atoms with E-state index >= 15 is 0 Å². The van der Waals surface area contributed by atoms with Crippen molar-refractivity contribution in [3.63, 3.8) is 0 Å². The maximum atomic E-state index is 13.7. The summed E-state index contributed by atoms with van der Waals surface area (Å²) < 4.78 is 4.78. The summed E-state index contributed by atoms with van der Waals surface area (Å²) in [5.41, 5.74) is 5.36. The maximum Gasteiger partial charge on any atom is 0.407 e. The number of methoxy groups -OCH3 is 1. The van der Waals surface area contributed by atoms with Crippen LogP contribution in [0.5, 0.6) is 0 Å². The van der Waals surface area contributed by atoms with Crippen LogP contribution in [0.25, 0.3) is 22.3 Å². The van der Waals surface area contributed by atoms with E-state index in [-0.39, 0.29) is 35.7 Å².